The van der Waals surface area contributed by atoms with E-state index in [0.717, 1.165) is 64.2 Å². The van der Waals surface area contributed by atoms with Gasteiger partial charge in [0.1, 0.15) is 13.2 Å². The van der Waals surface area contributed by atoms with Crippen molar-refractivity contribution in [2.24, 2.45) is 0 Å². The van der Waals surface area contributed by atoms with Gasteiger partial charge in [0.2, 0.25) is 5.91 Å². The Bertz CT molecular complexity index is 1140. The summed E-state index contributed by atoms with van der Waals surface area (Å²) in [7, 11) is 1.56. The molecule has 0 heterocycles. The summed E-state index contributed by atoms with van der Waals surface area (Å²) >= 11 is 0. The van der Waals surface area contributed by atoms with Crippen LogP contribution in [0.25, 0.3) is 0 Å². The number of phosphoric acid groups is 1. The summed E-state index contributed by atoms with van der Waals surface area (Å²) in [6.45, 7) is 4.69. The maximum Gasteiger partial charge on any atom is 0.472 e. The maximum absolute atomic E-state index is 12.9. The number of quaternary nitrogens is 1. The number of carbonyl (C=O) groups excluding carboxylic acids is 1. The Balaban J connectivity index is 4.24. The van der Waals surface area contributed by atoms with Crippen molar-refractivity contribution in [2.75, 3.05) is 40.9 Å². The maximum atomic E-state index is 12.9. The first-order chi connectivity index (χ1) is 28.5. The van der Waals surface area contributed by atoms with E-state index >= 15 is 0 Å². The van der Waals surface area contributed by atoms with E-state index in [1.807, 2.05) is 27.2 Å². The van der Waals surface area contributed by atoms with E-state index in [1.54, 1.807) is 6.08 Å². The first-order valence-corrected chi connectivity index (χ1v) is 25.7. The van der Waals surface area contributed by atoms with Crippen LogP contribution < -0.4 is 5.32 Å². The average Bonchev–Trinajstić information content (AvgIpc) is 3.19. The fourth-order valence-electron chi connectivity index (χ4n) is 6.68. The molecule has 1 amide bonds. The molecular formula is C50H94N2O6P+. The number of nitrogens with one attached hydrogen (secondary N) is 1. The number of carbonyl (C=O) groups is 1. The van der Waals surface area contributed by atoms with Crippen LogP contribution in [0, 0.1) is 0 Å². The number of phosphoric ester groups is 1. The second kappa shape index (κ2) is 41.5. The lowest BCUT2D eigenvalue weighted by molar-refractivity contribution is -0.870. The van der Waals surface area contributed by atoms with E-state index < -0.39 is 20.0 Å². The highest BCUT2D eigenvalue weighted by Crippen LogP contribution is 2.43. The summed E-state index contributed by atoms with van der Waals surface area (Å²) in [5, 5.41) is 13.8. The predicted octanol–water partition coefficient (Wildman–Crippen LogP) is 13.8. The summed E-state index contributed by atoms with van der Waals surface area (Å²) in [4.78, 5) is 23.2. The van der Waals surface area contributed by atoms with Crippen molar-refractivity contribution < 1.29 is 32.9 Å². The molecule has 3 atom stereocenters. The van der Waals surface area contributed by atoms with Crippen LogP contribution in [0.2, 0.25) is 0 Å². The molecule has 8 nitrogen and oxygen atoms in total. The molecule has 3 unspecified atom stereocenters. The van der Waals surface area contributed by atoms with Crippen molar-refractivity contribution in [3.05, 3.63) is 60.8 Å². The number of hydrogen-bond acceptors (Lipinski definition) is 5. The molecule has 0 saturated heterocycles. The van der Waals surface area contributed by atoms with Crippen LogP contribution >= 0.6 is 7.82 Å². The molecule has 0 aromatic heterocycles. The van der Waals surface area contributed by atoms with Crippen molar-refractivity contribution in [3.8, 4) is 0 Å². The van der Waals surface area contributed by atoms with Crippen LogP contribution in [0.1, 0.15) is 200 Å². The zero-order valence-electron chi connectivity index (χ0n) is 39.0. The Kier molecular flexibility index (Phi) is 40.3. The van der Waals surface area contributed by atoms with Gasteiger partial charge < -0.3 is 19.8 Å². The first kappa shape index (κ1) is 57.2. The lowest BCUT2D eigenvalue weighted by atomic mass is 10.0. The quantitative estimate of drug-likeness (QED) is 0.0244. The summed E-state index contributed by atoms with van der Waals surface area (Å²) in [6, 6.07) is -0.848. The third-order valence-corrected chi connectivity index (χ3v) is 11.5. The van der Waals surface area contributed by atoms with Gasteiger partial charge in [-0.1, -0.05) is 197 Å². The van der Waals surface area contributed by atoms with Gasteiger partial charge in [-0.05, 0) is 57.8 Å². The van der Waals surface area contributed by atoms with E-state index in [4.69, 9.17) is 9.05 Å². The second-order valence-corrected chi connectivity index (χ2v) is 18.9. The fraction of sp³-hybridized carbons (Fsp3) is 0.780. The van der Waals surface area contributed by atoms with E-state index in [9.17, 15) is 19.4 Å². The number of aliphatic hydroxyl groups excluding tert-OH is 1. The Labute approximate surface area is 364 Å². The SMILES string of the molecule is CC/C=C\C/C=C\C/C=C\C/C=C\CCCCCCCCCCCCCCC(=O)NC(COP(=O)(O)OCC[N+](C)(C)C)C(O)/C=C/CCCCCCCCCCCC. The lowest BCUT2D eigenvalue weighted by Crippen LogP contribution is -2.45. The molecule has 344 valence electrons. The molecular weight excluding hydrogens is 756 g/mol. The summed E-state index contributed by atoms with van der Waals surface area (Å²) in [5.74, 6) is -0.182. The molecule has 0 radical (unpaired) electrons. The molecule has 0 fully saturated rings. The molecule has 3 N–H and O–H groups in total. The molecule has 59 heavy (non-hydrogen) atoms. The highest BCUT2D eigenvalue weighted by molar-refractivity contribution is 7.47. The minimum atomic E-state index is -4.34. The Morgan fingerprint density at radius 2 is 1.02 bits per heavy atom. The van der Waals surface area contributed by atoms with Gasteiger partial charge in [-0.2, -0.15) is 0 Å². The zero-order valence-corrected chi connectivity index (χ0v) is 39.9. The number of aliphatic hydroxyl groups is 1. The highest BCUT2D eigenvalue weighted by atomic mass is 31.2. The van der Waals surface area contributed by atoms with Crippen LogP contribution in [-0.4, -0.2) is 73.4 Å². The zero-order chi connectivity index (χ0) is 43.6. The smallest absolute Gasteiger partial charge is 0.387 e. The van der Waals surface area contributed by atoms with Gasteiger partial charge in [0.05, 0.1) is 39.9 Å². The molecule has 0 bridgehead atoms. The Morgan fingerprint density at radius 1 is 0.593 bits per heavy atom. The number of allylic oxidation sites excluding steroid dienone is 9. The van der Waals surface area contributed by atoms with Crippen LogP contribution in [0.15, 0.2) is 60.8 Å². The normalized spacial score (nSPS) is 14.8. The van der Waals surface area contributed by atoms with Crippen molar-refractivity contribution in [1.29, 1.82) is 0 Å². The molecule has 0 spiro atoms. The second-order valence-electron chi connectivity index (χ2n) is 17.5. The third-order valence-electron chi connectivity index (χ3n) is 10.5. The molecule has 9 heteroatoms. The van der Waals surface area contributed by atoms with Gasteiger partial charge in [0.15, 0.2) is 0 Å². The van der Waals surface area contributed by atoms with E-state index in [1.165, 1.54) is 116 Å². The fourth-order valence-corrected chi connectivity index (χ4v) is 7.41. The van der Waals surface area contributed by atoms with E-state index in [2.05, 4.69) is 67.8 Å². The van der Waals surface area contributed by atoms with E-state index in [-0.39, 0.29) is 19.1 Å². The molecule has 0 aliphatic heterocycles. The summed E-state index contributed by atoms with van der Waals surface area (Å²) < 4.78 is 23.6. The topological polar surface area (TPSA) is 105 Å². The molecule has 0 rings (SSSR count). The van der Waals surface area contributed by atoms with Gasteiger partial charge in [-0.3, -0.25) is 13.8 Å². The largest absolute Gasteiger partial charge is 0.472 e. The monoisotopic (exact) mass is 850 g/mol. The first-order valence-electron chi connectivity index (χ1n) is 24.2. The minimum absolute atomic E-state index is 0.0594. The number of unbranched alkanes of at least 4 members (excludes halogenated alkanes) is 22. The van der Waals surface area contributed by atoms with Crippen molar-refractivity contribution in [2.45, 2.75) is 212 Å². The predicted molar refractivity (Wildman–Crippen MR) is 254 cm³/mol. The van der Waals surface area contributed by atoms with Crippen LogP contribution in [0.3, 0.4) is 0 Å². The minimum Gasteiger partial charge on any atom is -0.387 e. The molecule has 0 aliphatic rings. The summed E-state index contributed by atoms with van der Waals surface area (Å²) in [6.07, 6.45) is 54.4. The number of nitrogens with zero attached hydrogens (tertiary/aromatic N) is 1. The number of amides is 1. The van der Waals surface area contributed by atoms with Crippen molar-refractivity contribution >= 4 is 13.7 Å². The highest BCUT2D eigenvalue weighted by Gasteiger charge is 2.27. The Morgan fingerprint density at radius 3 is 1.49 bits per heavy atom. The number of hydrogen-bond donors (Lipinski definition) is 3. The molecule has 0 saturated carbocycles. The molecule has 0 aromatic rings. The number of rotatable bonds is 43. The molecule has 0 aromatic carbocycles. The van der Waals surface area contributed by atoms with Gasteiger partial charge in [0.25, 0.3) is 0 Å². The molecule has 0 aliphatic carbocycles. The lowest BCUT2D eigenvalue weighted by Gasteiger charge is -2.25. The Hall–Kier alpha value is -1.80. The average molecular weight is 850 g/mol. The van der Waals surface area contributed by atoms with Crippen LogP contribution in [0.5, 0.6) is 0 Å². The van der Waals surface area contributed by atoms with Gasteiger partial charge in [0, 0.05) is 6.42 Å². The van der Waals surface area contributed by atoms with E-state index in [0.29, 0.717) is 17.4 Å². The third kappa shape index (κ3) is 44.1. The summed E-state index contributed by atoms with van der Waals surface area (Å²) in [5.41, 5.74) is 0. The van der Waals surface area contributed by atoms with Crippen LogP contribution in [0.4, 0.5) is 0 Å². The van der Waals surface area contributed by atoms with Gasteiger partial charge >= 0.3 is 7.82 Å². The van der Waals surface area contributed by atoms with Crippen LogP contribution in [-0.2, 0) is 18.4 Å². The van der Waals surface area contributed by atoms with Crippen molar-refractivity contribution in [1.82, 2.24) is 5.32 Å². The number of likely N-dealkylation sites (N-methyl/N-ethyl adjacent to an activating group) is 1. The van der Waals surface area contributed by atoms with Gasteiger partial charge in [-0.25, -0.2) is 4.57 Å². The standard InChI is InChI=1S/C50H93N2O6P/c1-6-8-10-12-14-16-18-20-21-22-23-24-25-26-27-28-29-30-31-32-34-36-38-40-42-44-50(54)51-48(47-58-59(55,56)57-46-45-52(3,4)5)49(53)43-41-39-37-35-33-19-17-15-13-11-9-7-2/h8,10,14,16,20-21,23-24,41,43,48-49,53H,6-7,9,11-13,15,17-19,22,25-40,42,44-47H2,1-5H3,(H-,51,54,55,56)/p+1/b10-8-,16-14-,21-20-,24-23-,43-41+. The van der Waals surface area contributed by atoms with Gasteiger partial charge in [-0.15, -0.1) is 0 Å². The van der Waals surface area contributed by atoms with Crippen molar-refractivity contribution in [3.63, 3.8) is 0 Å².